The normalized spacial score (nSPS) is 12.6. The average molecular weight is 358 g/mol. The summed E-state index contributed by atoms with van der Waals surface area (Å²) >= 11 is 5.84. The third-order valence-corrected chi connectivity index (χ3v) is 3.43. The molecule has 0 spiro atoms. The monoisotopic (exact) mass is 357 g/mol. The van der Waals surface area contributed by atoms with E-state index in [1.54, 1.807) is 25.1 Å². The quantitative estimate of drug-likeness (QED) is 0.846. The maximum atomic E-state index is 13.3. The van der Waals surface area contributed by atoms with Crippen molar-refractivity contribution in [1.29, 1.82) is 0 Å². The summed E-state index contributed by atoms with van der Waals surface area (Å²) in [4.78, 5) is 17.9. The number of carbonyl (C=O) groups excluding carboxylic acids is 1. The van der Waals surface area contributed by atoms with Crippen LogP contribution in [-0.2, 0) is 0 Å². The number of pyridine rings is 1. The minimum atomic E-state index is -4.63. The van der Waals surface area contributed by atoms with E-state index in [0.717, 1.165) is 0 Å². The molecule has 4 nitrogen and oxygen atoms in total. The smallest absolute Gasteiger partial charge is 0.363 e. The fourth-order valence-corrected chi connectivity index (χ4v) is 2.26. The van der Waals surface area contributed by atoms with Crippen LogP contribution in [0.25, 0.3) is 0 Å². The van der Waals surface area contributed by atoms with Gasteiger partial charge in [0.25, 0.3) is 5.91 Å². The van der Waals surface area contributed by atoms with Crippen LogP contribution in [-0.4, -0.2) is 31.2 Å². The van der Waals surface area contributed by atoms with Gasteiger partial charge in [-0.2, -0.15) is 13.2 Å². The zero-order chi connectivity index (χ0) is 17.9. The van der Waals surface area contributed by atoms with Crippen LogP contribution in [0.3, 0.4) is 0 Å². The number of rotatable bonds is 4. The van der Waals surface area contributed by atoms with Crippen molar-refractivity contribution in [3.8, 4) is 0 Å². The Balaban J connectivity index is 2.32. The third-order valence-electron chi connectivity index (χ3n) is 3.24. The van der Waals surface area contributed by atoms with Crippen molar-refractivity contribution < 1.29 is 18.0 Å². The molecular weight excluding hydrogens is 343 g/mol. The number of anilines is 1. The van der Waals surface area contributed by atoms with Crippen LogP contribution in [0, 0.1) is 0 Å². The Hall–Kier alpha value is -2.28. The molecule has 0 aliphatic rings. The first kappa shape index (κ1) is 18.1. The van der Waals surface area contributed by atoms with Gasteiger partial charge in [0.1, 0.15) is 11.0 Å². The molecule has 1 N–H and O–H groups in total. The fraction of sp³-hybridized carbons (Fsp3) is 0.250. The Labute approximate surface area is 142 Å². The molecule has 1 heterocycles. The van der Waals surface area contributed by atoms with E-state index in [1.807, 2.05) is 5.32 Å². The predicted octanol–water partition coefficient (Wildman–Crippen LogP) is 3.83. The number of hydrogen-bond donors (Lipinski definition) is 1. The zero-order valence-electron chi connectivity index (χ0n) is 12.9. The highest BCUT2D eigenvalue weighted by Gasteiger charge is 2.42. The van der Waals surface area contributed by atoms with E-state index >= 15 is 0 Å². The van der Waals surface area contributed by atoms with Gasteiger partial charge < -0.3 is 10.2 Å². The summed E-state index contributed by atoms with van der Waals surface area (Å²) in [6.07, 6.45) is -4.63. The number of aromatic nitrogens is 1. The lowest BCUT2D eigenvalue weighted by atomic mass is 10.1. The molecule has 0 saturated carbocycles. The first-order valence-corrected chi connectivity index (χ1v) is 7.33. The number of nitrogens with zero attached hydrogens (tertiary/aromatic N) is 2. The molecule has 2 rings (SSSR count). The Morgan fingerprint density at radius 3 is 2.38 bits per heavy atom. The van der Waals surface area contributed by atoms with Crippen molar-refractivity contribution in [3.63, 3.8) is 0 Å². The lowest BCUT2D eigenvalue weighted by Crippen LogP contribution is -2.38. The predicted molar refractivity (Wildman–Crippen MR) is 86.3 cm³/mol. The van der Waals surface area contributed by atoms with Crippen LogP contribution in [0.2, 0.25) is 5.15 Å². The molecule has 24 heavy (non-hydrogen) atoms. The molecule has 1 atom stereocenters. The summed E-state index contributed by atoms with van der Waals surface area (Å²) in [5.74, 6) is -0.510. The minimum Gasteiger partial charge on any atom is -0.363 e. The fourth-order valence-electron chi connectivity index (χ4n) is 2.06. The summed E-state index contributed by atoms with van der Waals surface area (Å²) in [5.41, 5.74) is -0.0461. The third kappa shape index (κ3) is 4.38. The topological polar surface area (TPSA) is 45.2 Å². The number of alkyl halides is 3. The highest BCUT2D eigenvalue weighted by molar-refractivity contribution is 6.29. The van der Waals surface area contributed by atoms with Crippen molar-refractivity contribution in [2.75, 3.05) is 19.0 Å². The summed E-state index contributed by atoms with van der Waals surface area (Å²) in [5, 5.41) is 2.04. The molecule has 0 saturated heterocycles. The van der Waals surface area contributed by atoms with E-state index in [1.165, 1.54) is 36.4 Å². The van der Waals surface area contributed by atoms with Crippen molar-refractivity contribution in [2.24, 2.45) is 0 Å². The molecule has 0 radical (unpaired) electrons. The Morgan fingerprint density at radius 1 is 1.21 bits per heavy atom. The molecule has 1 aromatic carbocycles. The van der Waals surface area contributed by atoms with Gasteiger partial charge in [0.05, 0.1) is 0 Å². The second-order valence-electron chi connectivity index (χ2n) is 5.29. The summed E-state index contributed by atoms with van der Waals surface area (Å²) in [6.45, 7) is 0. The maximum absolute atomic E-state index is 13.3. The standard InChI is InChI=1S/C16H15ClF3N3O/c1-23(2)13-9-11(8-12(17)21-13)15(24)22-14(16(18,19)20)10-6-4-3-5-7-10/h3-9,14H,1-2H3,(H,22,24). The second-order valence-corrected chi connectivity index (χ2v) is 5.68. The zero-order valence-corrected chi connectivity index (χ0v) is 13.7. The van der Waals surface area contributed by atoms with Crippen LogP contribution in [0.1, 0.15) is 22.0 Å². The van der Waals surface area contributed by atoms with Crippen molar-refractivity contribution in [3.05, 3.63) is 58.7 Å². The Kier molecular flexibility index (Phi) is 5.33. The van der Waals surface area contributed by atoms with Crippen LogP contribution in [0.5, 0.6) is 0 Å². The van der Waals surface area contributed by atoms with Gasteiger partial charge in [-0.1, -0.05) is 41.9 Å². The highest BCUT2D eigenvalue weighted by Crippen LogP contribution is 2.33. The van der Waals surface area contributed by atoms with Crippen molar-refractivity contribution >= 4 is 23.3 Å². The lowest BCUT2D eigenvalue weighted by molar-refractivity contribution is -0.155. The SMILES string of the molecule is CN(C)c1cc(C(=O)NC(c2ccccc2)C(F)(F)F)cc(Cl)n1. The number of carbonyl (C=O) groups is 1. The van der Waals surface area contributed by atoms with E-state index in [2.05, 4.69) is 4.98 Å². The number of benzene rings is 1. The van der Waals surface area contributed by atoms with Gasteiger partial charge in [-0.15, -0.1) is 0 Å². The van der Waals surface area contributed by atoms with Gasteiger partial charge in [0, 0.05) is 19.7 Å². The minimum absolute atomic E-state index is 0.00359. The molecule has 8 heteroatoms. The van der Waals surface area contributed by atoms with Crippen LogP contribution < -0.4 is 10.2 Å². The molecule has 1 unspecified atom stereocenters. The van der Waals surface area contributed by atoms with Gasteiger partial charge in [-0.05, 0) is 17.7 Å². The number of amides is 1. The molecule has 1 amide bonds. The summed E-state index contributed by atoms with van der Waals surface area (Å²) < 4.78 is 39.9. The van der Waals surface area contributed by atoms with E-state index < -0.39 is 18.1 Å². The summed E-state index contributed by atoms with van der Waals surface area (Å²) in [6, 6.07) is 7.67. The van der Waals surface area contributed by atoms with Crippen LogP contribution in [0.15, 0.2) is 42.5 Å². The largest absolute Gasteiger partial charge is 0.412 e. The molecule has 0 bridgehead atoms. The van der Waals surface area contributed by atoms with Gasteiger partial charge in [-0.3, -0.25) is 4.79 Å². The second kappa shape index (κ2) is 7.09. The van der Waals surface area contributed by atoms with Crippen molar-refractivity contribution in [1.82, 2.24) is 10.3 Å². The molecule has 0 aliphatic heterocycles. The van der Waals surface area contributed by atoms with Crippen LogP contribution >= 0.6 is 11.6 Å². The van der Waals surface area contributed by atoms with Crippen LogP contribution in [0.4, 0.5) is 19.0 Å². The van der Waals surface area contributed by atoms with E-state index in [4.69, 9.17) is 11.6 Å². The number of halogens is 4. The molecule has 2 aromatic rings. The first-order chi connectivity index (χ1) is 11.2. The van der Waals surface area contributed by atoms with Crippen molar-refractivity contribution in [2.45, 2.75) is 12.2 Å². The number of nitrogens with one attached hydrogen (secondary N) is 1. The lowest BCUT2D eigenvalue weighted by Gasteiger charge is -2.22. The highest BCUT2D eigenvalue weighted by atomic mass is 35.5. The van der Waals surface area contributed by atoms with E-state index in [0.29, 0.717) is 5.82 Å². The van der Waals surface area contributed by atoms with Gasteiger partial charge in [-0.25, -0.2) is 4.98 Å². The summed E-state index contributed by atoms with van der Waals surface area (Å²) in [7, 11) is 3.37. The molecule has 0 aliphatic carbocycles. The Morgan fingerprint density at radius 2 is 1.83 bits per heavy atom. The molecule has 1 aromatic heterocycles. The average Bonchev–Trinajstić information content (AvgIpc) is 2.51. The molecule has 0 fully saturated rings. The van der Waals surface area contributed by atoms with Gasteiger partial charge in [0.2, 0.25) is 0 Å². The molecular formula is C16H15ClF3N3O. The van der Waals surface area contributed by atoms with E-state index in [-0.39, 0.29) is 16.3 Å². The van der Waals surface area contributed by atoms with E-state index in [9.17, 15) is 18.0 Å². The molecule has 128 valence electrons. The van der Waals surface area contributed by atoms with Gasteiger partial charge >= 0.3 is 6.18 Å². The first-order valence-electron chi connectivity index (χ1n) is 6.96. The van der Waals surface area contributed by atoms with Gasteiger partial charge in [0.15, 0.2) is 6.04 Å². The maximum Gasteiger partial charge on any atom is 0.412 e. The Bertz CT molecular complexity index is 720. The number of hydrogen-bond acceptors (Lipinski definition) is 3.